The highest BCUT2D eigenvalue weighted by molar-refractivity contribution is 9.09. The van der Waals surface area contributed by atoms with Crippen LogP contribution in [-0.2, 0) is 4.79 Å². The normalized spacial score (nSPS) is 31.2. The Labute approximate surface area is 94.2 Å². The van der Waals surface area contributed by atoms with Gasteiger partial charge in [-0.05, 0) is 25.7 Å². The first-order chi connectivity index (χ1) is 6.56. The lowest BCUT2D eigenvalue weighted by atomic mass is 9.94. The van der Waals surface area contributed by atoms with Gasteiger partial charge in [-0.25, -0.2) is 0 Å². The Kier molecular flexibility index (Phi) is 2.63. The van der Waals surface area contributed by atoms with Gasteiger partial charge in [-0.3, -0.25) is 4.79 Å². The van der Waals surface area contributed by atoms with Crippen molar-refractivity contribution in [3.05, 3.63) is 0 Å². The Hall–Kier alpha value is -0.0500. The standard InChI is InChI=1S/C11H18BrNO/c1-11(2,7-12)10(14)13-8-3-4-9(13)6-5-8/h8-9H,3-7H2,1-2H3. The second kappa shape index (κ2) is 3.51. The van der Waals surface area contributed by atoms with Crippen LogP contribution in [-0.4, -0.2) is 28.2 Å². The van der Waals surface area contributed by atoms with Gasteiger partial charge in [0.1, 0.15) is 0 Å². The predicted octanol–water partition coefficient (Wildman–Crippen LogP) is 2.56. The monoisotopic (exact) mass is 259 g/mol. The highest BCUT2D eigenvalue weighted by atomic mass is 79.9. The fraction of sp³-hybridized carbons (Fsp3) is 0.909. The molecule has 0 spiro atoms. The number of nitrogens with zero attached hydrogens (tertiary/aromatic N) is 1. The predicted molar refractivity (Wildman–Crippen MR) is 60.5 cm³/mol. The van der Waals surface area contributed by atoms with Crippen LogP contribution in [0.5, 0.6) is 0 Å². The number of rotatable bonds is 2. The Morgan fingerprint density at radius 3 is 2.07 bits per heavy atom. The van der Waals surface area contributed by atoms with Gasteiger partial charge in [-0.1, -0.05) is 29.8 Å². The van der Waals surface area contributed by atoms with Crippen molar-refractivity contribution in [3.8, 4) is 0 Å². The molecule has 0 radical (unpaired) electrons. The lowest BCUT2D eigenvalue weighted by Gasteiger charge is -2.31. The highest BCUT2D eigenvalue weighted by Crippen LogP contribution is 2.40. The molecule has 0 atom stereocenters. The summed E-state index contributed by atoms with van der Waals surface area (Å²) in [6.45, 7) is 4.06. The van der Waals surface area contributed by atoms with Crippen LogP contribution in [0.1, 0.15) is 39.5 Å². The molecule has 2 fully saturated rings. The van der Waals surface area contributed by atoms with Crippen molar-refractivity contribution in [1.82, 2.24) is 4.90 Å². The highest BCUT2D eigenvalue weighted by Gasteiger charge is 2.45. The molecule has 2 heterocycles. The van der Waals surface area contributed by atoms with Gasteiger partial charge >= 0.3 is 0 Å². The smallest absolute Gasteiger partial charge is 0.229 e. The van der Waals surface area contributed by atoms with Crippen LogP contribution in [0.2, 0.25) is 0 Å². The van der Waals surface area contributed by atoms with Crippen molar-refractivity contribution >= 4 is 21.8 Å². The second-order valence-electron chi connectivity index (χ2n) is 5.19. The molecular weight excluding hydrogens is 242 g/mol. The van der Waals surface area contributed by atoms with Crippen LogP contribution in [0, 0.1) is 5.41 Å². The van der Waals surface area contributed by atoms with Gasteiger partial charge in [0.05, 0.1) is 5.41 Å². The SMILES string of the molecule is CC(C)(CBr)C(=O)N1C2CCC1CC2. The van der Waals surface area contributed by atoms with E-state index >= 15 is 0 Å². The summed E-state index contributed by atoms with van der Waals surface area (Å²) in [5.74, 6) is 0.347. The van der Waals surface area contributed by atoms with Crippen LogP contribution >= 0.6 is 15.9 Å². The van der Waals surface area contributed by atoms with Crippen LogP contribution in [0.25, 0.3) is 0 Å². The lowest BCUT2D eigenvalue weighted by molar-refractivity contribution is -0.140. The third kappa shape index (κ3) is 1.50. The Morgan fingerprint density at radius 2 is 1.71 bits per heavy atom. The second-order valence-corrected chi connectivity index (χ2v) is 5.75. The molecule has 2 saturated heterocycles. The van der Waals surface area contributed by atoms with E-state index in [2.05, 4.69) is 20.8 Å². The third-order valence-electron chi connectivity index (χ3n) is 3.60. The van der Waals surface area contributed by atoms with E-state index in [1.165, 1.54) is 25.7 Å². The van der Waals surface area contributed by atoms with E-state index in [0.29, 0.717) is 18.0 Å². The van der Waals surface area contributed by atoms with Crippen molar-refractivity contribution in [2.75, 3.05) is 5.33 Å². The maximum atomic E-state index is 12.3. The molecular formula is C11H18BrNO. The van der Waals surface area contributed by atoms with E-state index in [0.717, 1.165) is 5.33 Å². The molecule has 2 bridgehead atoms. The van der Waals surface area contributed by atoms with Crippen LogP contribution < -0.4 is 0 Å². The lowest BCUT2D eigenvalue weighted by Crippen LogP contribution is -2.44. The van der Waals surface area contributed by atoms with E-state index in [-0.39, 0.29) is 5.41 Å². The zero-order chi connectivity index (χ0) is 10.3. The first-order valence-electron chi connectivity index (χ1n) is 5.45. The minimum atomic E-state index is -0.231. The maximum absolute atomic E-state index is 12.3. The molecule has 2 aliphatic heterocycles. The summed E-state index contributed by atoms with van der Waals surface area (Å²) < 4.78 is 0. The number of hydrogen-bond donors (Lipinski definition) is 0. The van der Waals surface area contributed by atoms with Crippen LogP contribution in [0.4, 0.5) is 0 Å². The fourth-order valence-corrected chi connectivity index (χ4v) is 2.89. The van der Waals surface area contributed by atoms with Gasteiger partial charge in [0.2, 0.25) is 5.91 Å². The summed E-state index contributed by atoms with van der Waals surface area (Å²) in [6, 6.07) is 1.12. The Bertz CT molecular complexity index is 232. The van der Waals surface area contributed by atoms with Crippen molar-refractivity contribution < 1.29 is 4.79 Å². The number of hydrogen-bond acceptors (Lipinski definition) is 1. The molecule has 0 aromatic rings. The number of amides is 1. The quantitative estimate of drug-likeness (QED) is 0.699. The number of carbonyl (C=O) groups excluding carboxylic acids is 1. The molecule has 0 aromatic heterocycles. The van der Waals surface area contributed by atoms with Crippen molar-refractivity contribution in [2.45, 2.75) is 51.6 Å². The zero-order valence-corrected chi connectivity index (χ0v) is 10.5. The van der Waals surface area contributed by atoms with E-state index in [9.17, 15) is 4.79 Å². The maximum Gasteiger partial charge on any atom is 0.229 e. The average Bonchev–Trinajstić information content (AvgIpc) is 2.75. The number of carbonyl (C=O) groups is 1. The van der Waals surface area contributed by atoms with Crippen LogP contribution in [0.15, 0.2) is 0 Å². The largest absolute Gasteiger partial charge is 0.336 e. The Morgan fingerprint density at radius 1 is 1.29 bits per heavy atom. The molecule has 0 aliphatic carbocycles. The molecule has 2 rings (SSSR count). The summed E-state index contributed by atoms with van der Waals surface area (Å²) in [5, 5.41) is 0.759. The minimum absolute atomic E-state index is 0.231. The summed E-state index contributed by atoms with van der Waals surface area (Å²) in [7, 11) is 0. The minimum Gasteiger partial charge on any atom is -0.336 e. The molecule has 2 aliphatic rings. The summed E-state index contributed by atoms with van der Waals surface area (Å²) in [5.41, 5.74) is -0.231. The van der Waals surface area contributed by atoms with E-state index < -0.39 is 0 Å². The zero-order valence-electron chi connectivity index (χ0n) is 8.92. The number of alkyl halides is 1. The van der Waals surface area contributed by atoms with Gasteiger partial charge in [0.15, 0.2) is 0 Å². The van der Waals surface area contributed by atoms with Crippen LogP contribution in [0.3, 0.4) is 0 Å². The molecule has 2 nitrogen and oxygen atoms in total. The topological polar surface area (TPSA) is 20.3 Å². The molecule has 0 N–H and O–H groups in total. The van der Waals surface area contributed by atoms with Gasteiger partial charge in [-0.15, -0.1) is 0 Å². The first kappa shape index (κ1) is 10.5. The molecule has 3 heteroatoms. The van der Waals surface area contributed by atoms with E-state index in [1.807, 2.05) is 13.8 Å². The van der Waals surface area contributed by atoms with E-state index in [4.69, 9.17) is 0 Å². The third-order valence-corrected chi connectivity index (χ3v) is 5.00. The molecule has 0 aromatic carbocycles. The average molecular weight is 260 g/mol. The van der Waals surface area contributed by atoms with Gasteiger partial charge in [0.25, 0.3) is 0 Å². The Balaban J connectivity index is 2.13. The molecule has 1 amide bonds. The van der Waals surface area contributed by atoms with Crippen molar-refractivity contribution in [1.29, 1.82) is 0 Å². The van der Waals surface area contributed by atoms with Gasteiger partial charge < -0.3 is 4.90 Å². The summed E-state index contributed by atoms with van der Waals surface area (Å²) in [6.07, 6.45) is 4.92. The summed E-state index contributed by atoms with van der Waals surface area (Å²) >= 11 is 3.43. The van der Waals surface area contributed by atoms with Crippen molar-refractivity contribution in [3.63, 3.8) is 0 Å². The van der Waals surface area contributed by atoms with E-state index in [1.54, 1.807) is 0 Å². The molecule has 0 saturated carbocycles. The number of fused-ring (bicyclic) bond motifs is 2. The van der Waals surface area contributed by atoms with Gasteiger partial charge in [0, 0.05) is 17.4 Å². The van der Waals surface area contributed by atoms with Crippen molar-refractivity contribution in [2.24, 2.45) is 5.41 Å². The first-order valence-corrected chi connectivity index (χ1v) is 6.57. The summed E-state index contributed by atoms with van der Waals surface area (Å²) in [4.78, 5) is 14.4. The molecule has 80 valence electrons. The fourth-order valence-electron chi connectivity index (χ4n) is 2.65. The number of halogens is 1. The van der Waals surface area contributed by atoms with Gasteiger partial charge in [-0.2, -0.15) is 0 Å². The molecule has 14 heavy (non-hydrogen) atoms. The molecule has 0 unspecified atom stereocenters.